The molecule has 9 nitrogen and oxygen atoms in total. The molecule has 0 aromatic carbocycles. The minimum atomic E-state index is -4.50. The molecule has 0 saturated heterocycles. The fourth-order valence-electron chi connectivity index (χ4n) is 1.80. The molecule has 0 radical (unpaired) electrons. The Hall–Kier alpha value is -0.654. The van der Waals surface area contributed by atoms with Crippen LogP contribution in [0.25, 0.3) is 0 Å². The van der Waals surface area contributed by atoms with Crippen LogP contribution in [0.2, 0.25) is 39.3 Å². The van der Waals surface area contributed by atoms with E-state index in [9.17, 15) is 39.5 Å². The molecule has 23 heteroatoms. The molecule has 0 aliphatic heterocycles. The topological polar surface area (TPSA) is 127 Å². The van der Waals surface area contributed by atoms with Crippen molar-refractivity contribution >= 4 is 38.5 Å². The van der Waals surface area contributed by atoms with Gasteiger partial charge in [0.25, 0.3) is 6.47 Å². The van der Waals surface area contributed by atoms with E-state index in [-0.39, 0.29) is 111 Å². The van der Waals surface area contributed by atoms with E-state index < -0.39 is 52.1 Å². The number of aromatic nitrogens is 6. The Morgan fingerprint density at radius 1 is 0.720 bits per heavy atom. The van der Waals surface area contributed by atoms with Crippen molar-refractivity contribution < 1.29 is 159 Å². The molecule has 3 heterocycles. The number of nitrogens with zero attached hydrogens (tertiary/aromatic N) is 6. The predicted octanol–water partition coefficient (Wildman–Crippen LogP) is 0.838. The third kappa shape index (κ3) is 30.9. The number of alkyl halides is 9. The van der Waals surface area contributed by atoms with Crippen molar-refractivity contribution in [3.8, 4) is 23.4 Å². The van der Waals surface area contributed by atoms with Crippen LogP contribution in [0.3, 0.4) is 0 Å². The molecule has 0 fully saturated rings. The Kier molecular flexibility index (Phi) is 29.4. The maximum atomic E-state index is 12.1. The Balaban J connectivity index is -0.000000181. The molecule has 3 aromatic rings. The van der Waals surface area contributed by atoms with Crippen molar-refractivity contribution in [1.82, 2.24) is 29.9 Å². The van der Waals surface area contributed by atoms with E-state index in [1.807, 2.05) is 19.6 Å². The summed E-state index contributed by atoms with van der Waals surface area (Å²) in [5.74, 6) is -0.569. The number of halogens is 10. The first kappa shape index (κ1) is 56.1. The molecule has 0 atom stereocenters. The summed E-state index contributed by atoms with van der Waals surface area (Å²) in [6.45, 7) is 14.0. The average molecular weight is 872 g/mol. The van der Waals surface area contributed by atoms with Crippen molar-refractivity contribution in [2.24, 2.45) is 0 Å². The van der Waals surface area contributed by atoms with Gasteiger partial charge in [-0.15, -0.1) is 17.5 Å². The van der Waals surface area contributed by atoms with E-state index in [0.29, 0.717) is 15.6 Å². The van der Waals surface area contributed by atoms with Gasteiger partial charge in [-0.2, -0.15) is 39.5 Å². The van der Waals surface area contributed by atoms with Gasteiger partial charge in [-0.1, -0.05) is 45.2 Å². The summed E-state index contributed by atoms with van der Waals surface area (Å²) in [4.78, 5) is 30.1. The Morgan fingerprint density at radius 2 is 1.00 bits per heavy atom. The summed E-state index contributed by atoms with van der Waals surface area (Å²) in [5, 5.41) is 8.43. The van der Waals surface area contributed by atoms with E-state index in [1.54, 1.807) is 6.92 Å². The minimum absolute atomic E-state index is 0. The van der Waals surface area contributed by atoms with Gasteiger partial charge < -0.3 is 11.6 Å². The Bertz CT molecular complexity index is 1440. The van der Waals surface area contributed by atoms with Gasteiger partial charge >= 0.3 is 121 Å². The minimum Gasteiger partial charge on any atom is -1.00 e. The van der Waals surface area contributed by atoms with Crippen LogP contribution in [-0.4, -0.2) is 52.5 Å². The van der Waals surface area contributed by atoms with Gasteiger partial charge in [0, 0.05) is 37.2 Å². The molecule has 50 heavy (non-hydrogen) atoms. The standard InChI is InChI=1S/C10H11F3N2Si.C6H5F3N2.C5H2BrF3N2.C5H10Si.CH2O3.2K.H/c1-16(2,3)5-4-8-6-14-9(15-7-8)10(11,12)13;1-4-2-10-5(11-3-4)6(7,8)9;6-3-1-10-4(11-2-3)5(7,8)9;1-5-6(2,3)4;2-1-4-3;;;/h6-7H,1-3H3;2-3H,1H3;1-2H;1H,2-4H3;1,3H;;;/q;;;;;2*+1;-1/p-1. The number of terminal acetylenes is 1. The molecular formula is C27H30BrF9K2N6O3Si2. The van der Waals surface area contributed by atoms with Gasteiger partial charge in [0.1, 0.15) is 16.1 Å². The molecule has 266 valence electrons. The molecule has 0 N–H and O–H groups in total. The van der Waals surface area contributed by atoms with Gasteiger partial charge in [-0.3, -0.25) is 4.79 Å². The monoisotopic (exact) mass is 870 g/mol. The predicted molar refractivity (Wildman–Crippen MR) is 164 cm³/mol. The number of rotatable bonds is 1. The Morgan fingerprint density at radius 3 is 1.24 bits per heavy atom. The quantitative estimate of drug-likeness (QED) is 0.0875. The number of hydrogen-bond donors (Lipinski definition) is 0. The third-order valence-electron chi connectivity index (χ3n) is 3.87. The Labute approximate surface area is 380 Å². The molecule has 0 aliphatic rings. The van der Waals surface area contributed by atoms with Crippen LogP contribution in [0.1, 0.15) is 30.0 Å². The van der Waals surface area contributed by atoms with E-state index in [0.717, 1.165) is 37.2 Å². The molecule has 0 bridgehead atoms. The van der Waals surface area contributed by atoms with E-state index in [2.05, 4.69) is 87.4 Å². The van der Waals surface area contributed by atoms with Crippen molar-refractivity contribution in [3.63, 3.8) is 0 Å². The van der Waals surface area contributed by atoms with Crippen LogP contribution in [0, 0.1) is 30.4 Å². The van der Waals surface area contributed by atoms with Crippen LogP contribution in [0.15, 0.2) is 41.7 Å². The summed E-state index contributed by atoms with van der Waals surface area (Å²) >= 11 is 2.92. The zero-order valence-corrected chi connectivity index (χ0v) is 38.1. The maximum Gasteiger partial charge on any atom is 1.00 e. The summed E-state index contributed by atoms with van der Waals surface area (Å²) in [7, 11) is -2.63. The summed E-state index contributed by atoms with van der Waals surface area (Å²) < 4.78 is 108. The second kappa shape index (κ2) is 26.2. The molecule has 0 saturated carbocycles. The molecule has 0 spiro atoms. The SMILES string of the molecule is C#C[Si](C)(C)C.C[Si](C)(C)C#Cc1cnc(C(F)(F)F)nc1.Cc1cnc(C(F)(F)F)nc1.FC(F)(F)c1ncc(Br)cn1.O=CO[O-].[H-].[K+].[K+]. The molecule has 0 amide bonds. The summed E-state index contributed by atoms with van der Waals surface area (Å²) in [6, 6.07) is 0. The largest absolute Gasteiger partial charge is 1.00 e. The van der Waals surface area contributed by atoms with Crippen LogP contribution in [0.4, 0.5) is 39.5 Å². The van der Waals surface area contributed by atoms with Crippen molar-refractivity contribution in [2.45, 2.75) is 64.7 Å². The first-order valence-corrected chi connectivity index (χ1v) is 20.5. The number of carbonyl (C=O) groups excluding carboxylic acids is 1. The van der Waals surface area contributed by atoms with Gasteiger partial charge in [0.2, 0.25) is 17.5 Å². The first-order chi connectivity index (χ1) is 21.7. The number of carbonyl (C=O) groups is 1. The number of aryl methyl sites for hydroxylation is 1. The normalized spacial score (nSPS) is 10.6. The van der Waals surface area contributed by atoms with Crippen molar-refractivity contribution in [2.75, 3.05) is 0 Å². The van der Waals surface area contributed by atoms with Crippen LogP contribution in [-0.2, 0) is 28.2 Å². The molecular weight excluding hydrogens is 842 g/mol. The molecule has 3 rings (SSSR count). The zero-order valence-electron chi connectivity index (χ0n) is 29.3. The number of hydrogen-bond acceptors (Lipinski definition) is 9. The second-order valence-corrected chi connectivity index (χ2v) is 21.1. The van der Waals surface area contributed by atoms with Gasteiger partial charge in [0.05, 0.1) is 10.0 Å². The van der Waals surface area contributed by atoms with Crippen LogP contribution >= 0.6 is 15.9 Å². The van der Waals surface area contributed by atoms with Crippen molar-refractivity contribution in [1.29, 1.82) is 0 Å². The fourth-order valence-corrected chi connectivity index (χ4v) is 2.52. The van der Waals surface area contributed by atoms with Crippen LogP contribution in [0.5, 0.6) is 0 Å². The second-order valence-electron chi connectivity index (χ2n) is 10.7. The zero-order chi connectivity index (χ0) is 38.0. The van der Waals surface area contributed by atoms with E-state index in [1.165, 1.54) is 0 Å². The van der Waals surface area contributed by atoms with Crippen LogP contribution < -0.4 is 108 Å². The molecule has 0 aliphatic carbocycles. The van der Waals surface area contributed by atoms with Gasteiger partial charge in [0.15, 0.2) is 0 Å². The summed E-state index contributed by atoms with van der Waals surface area (Å²) in [6.07, 6.45) is -1.70. The van der Waals surface area contributed by atoms with Gasteiger partial charge in [-0.05, 0) is 28.4 Å². The first-order valence-electron chi connectivity index (χ1n) is 12.7. The van der Waals surface area contributed by atoms with Gasteiger partial charge in [-0.25, -0.2) is 29.9 Å². The third-order valence-corrected chi connectivity index (χ3v) is 6.02. The van der Waals surface area contributed by atoms with E-state index in [4.69, 9.17) is 16.5 Å². The average Bonchev–Trinajstić information content (AvgIpc) is 2.96. The molecule has 0 unspecified atom stereocenters. The summed E-state index contributed by atoms with van der Waals surface area (Å²) in [5.41, 5.74) is 6.79. The smallest absolute Gasteiger partial charge is 1.00 e. The van der Waals surface area contributed by atoms with Crippen molar-refractivity contribution in [3.05, 3.63) is 70.3 Å². The molecule has 3 aromatic heterocycles. The van der Waals surface area contributed by atoms with E-state index >= 15 is 0 Å². The fraction of sp³-hybridized carbons (Fsp3) is 0.370. The maximum absolute atomic E-state index is 12.1.